The third-order valence-corrected chi connectivity index (χ3v) is 6.68. The van der Waals surface area contributed by atoms with Gasteiger partial charge in [-0.2, -0.15) is 0 Å². The minimum absolute atomic E-state index is 0.00852. The molecule has 1 aliphatic carbocycles. The van der Waals surface area contributed by atoms with Crippen LogP contribution in [-0.2, 0) is 20.8 Å². The van der Waals surface area contributed by atoms with Gasteiger partial charge in [-0.25, -0.2) is 0 Å². The first kappa shape index (κ1) is 24.3. The highest BCUT2D eigenvalue weighted by molar-refractivity contribution is 6.33. The van der Waals surface area contributed by atoms with Crippen LogP contribution in [0.15, 0.2) is 35.5 Å². The van der Waals surface area contributed by atoms with E-state index in [-0.39, 0.29) is 71.3 Å². The summed E-state index contributed by atoms with van der Waals surface area (Å²) in [4.78, 5) is 32.1. The smallest absolute Gasteiger partial charge is 0.222 e. The minimum Gasteiger partial charge on any atom is -0.507 e. The van der Waals surface area contributed by atoms with Gasteiger partial charge >= 0.3 is 0 Å². The Morgan fingerprint density at radius 2 is 2.09 bits per heavy atom. The highest BCUT2D eigenvalue weighted by atomic mass is 35.5. The molecule has 0 spiro atoms. The monoisotopic (exact) mass is 488 g/mol. The van der Waals surface area contributed by atoms with Crippen LogP contribution in [0.1, 0.15) is 48.5 Å². The number of fused-ring (bicyclic) bond motifs is 2. The standard InChI is InChI=1S/C25H29ClN2O6/c1-15-11-18(29)24-17(25(26)20(31)14-19(24)30)13-16(5-2-3-6-21-22(12-15)34-21)27-33-10-9-28-8-4-7-23(28)32/h2-3,5-6,14-15,21-22,30-31H,4,7-13H2,1H3/b5-2+,6-3-,27-16+/t15-,21-,22-/m0/s1. The molecule has 9 heteroatoms. The third-order valence-electron chi connectivity index (χ3n) is 6.25. The van der Waals surface area contributed by atoms with Crippen molar-refractivity contribution in [2.45, 2.75) is 51.2 Å². The summed E-state index contributed by atoms with van der Waals surface area (Å²) in [5.41, 5.74) is 0.815. The van der Waals surface area contributed by atoms with Crippen molar-refractivity contribution in [1.29, 1.82) is 0 Å². The van der Waals surface area contributed by atoms with Crippen LogP contribution in [0.3, 0.4) is 0 Å². The summed E-state index contributed by atoms with van der Waals surface area (Å²) in [5.74, 6) is -0.744. The number of phenolic OH excluding ortho intramolecular Hbond substituents is 2. The number of Topliss-reactive ketones (excluding diaryl/α,β-unsaturated/α-hetero) is 1. The number of nitrogens with zero attached hydrogens (tertiary/aromatic N) is 2. The number of ether oxygens (including phenoxy) is 1. The zero-order valence-corrected chi connectivity index (χ0v) is 19.8. The van der Waals surface area contributed by atoms with Gasteiger partial charge in [-0.1, -0.05) is 41.9 Å². The van der Waals surface area contributed by atoms with Gasteiger partial charge in [0.1, 0.15) is 24.2 Å². The van der Waals surface area contributed by atoms with Crippen LogP contribution < -0.4 is 0 Å². The summed E-state index contributed by atoms with van der Waals surface area (Å²) in [6.45, 7) is 3.35. The number of aromatic hydroxyl groups is 2. The molecule has 8 nitrogen and oxygen atoms in total. The minimum atomic E-state index is -0.321. The fraction of sp³-hybridized carbons (Fsp3) is 0.480. The van der Waals surface area contributed by atoms with Crippen molar-refractivity contribution in [3.63, 3.8) is 0 Å². The number of allylic oxidation sites excluding steroid dienone is 3. The first-order chi connectivity index (χ1) is 16.3. The number of rotatable bonds is 4. The Morgan fingerprint density at radius 1 is 1.26 bits per heavy atom. The van der Waals surface area contributed by atoms with Crippen LogP contribution in [0, 0.1) is 5.92 Å². The molecule has 4 rings (SSSR count). The van der Waals surface area contributed by atoms with Gasteiger partial charge in [-0.05, 0) is 30.4 Å². The van der Waals surface area contributed by atoms with Crippen molar-refractivity contribution in [2.75, 3.05) is 19.7 Å². The van der Waals surface area contributed by atoms with Crippen molar-refractivity contribution in [2.24, 2.45) is 11.1 Å². The first-order valence-electron chi connectivity index (χ1n) is 11.6. The van der Waals surface area contributed by atoms with Gasteiger partial charge in [-0.3, -0.25) is 9.59 Å². The number of halogens is 1. The number of hydrogen-bond acceptors (Lipinski definition) is 7. The fourth-order valence-corrected chi connectivity index (χ4v) is 4.65. The van der Waals surface area contributed by atoms with Crippen molar-refractivity contribution in [3.8, 4) is 11.5 Å². The highest BCUT2D eigenvalue weighted by Gasteiger charge is 2.37. The van der Waals surface area contributed by atoms with E-state index in [4.69, 9.17) is 21.2 Å². The zero-order chi connectivity index (χ0) is 24.2. The SMILES string of the molecule is C[C@H]1CC(=O)c2c(O)cc(O)c(Cl)c2CC(=N/OCCN2CCCC2=O)/C=C/C=C\[C@@H]2O[C@H]2C1. The van der Waals surface area contributed by atoms with Gasteiger partial charge in [0.2, 0.25) is 5.91 Å². The first-order valence-corrected chi connectivity index (χ1v) is 11.9. The van der Waals surface area contributed by atoms with Gasteiger partial charge in [0, 0.05) is 31.9 Å². The number of carbonyl (C=O) groups excluding carboxylic acids is 2. The highest BCUT2D eigenvalue weighted by Crippen LogP contribution is 2.38. The molecule has 1 aromatic rings. The molecule has 0 aromatic heterocycles. The molecular weight excluding hydrogens is 460 g/mol. The third kappa shape index (κ3) is 5.80. The summed E-state index contributed by atoms with van der Waals surface area (Å²) >= 11 is 6.38. The molecule has 2 fully saturated rings. The van der Waals surface area contributed by atoms with Gasteiger partial charge in [0.05, 0.1) is 28.9 Å². The number of oxime groups is 1. The number of benzene rings is 1. The molecule has 0 radical (unpaired) electrons. The normalized spacial score (nSPS) is 28.2. The Bertz CT molecular complexity index is 1050. The summed E-state index contributed by atoms with van der Waals surface area (Å²) in [6, 6.07) is 1.09. The van der Waals surface area contributed by atoms with E-state index in [1.54, 1.807) is 17.1 Å². The van der Waals surface area contributed by atoms with Gasteiger partial charge in [0.15, 0.2) is 5.78 Å². The lowest BCUT2D eigenvalue weighted by molar-refractivity contribution is -0.128. The average molecular weight is 489 g/mol. The van der Waals surface area contributed by atoms with Gasteiger partial charge in [-0.15, -0.1) is 0 Å². The molecule has 3 aliphatic rings. The molecule has 2 heterocycles. The summed E-state index contributed by atoms with van der Waals surface area (Å²) in [5, 5.41) is 24.9. The van der Waals surface area contributed by atoms with E-state index in [1.165, 1.54) is 0 Å². The van der Waals surface area contributed by atoms with E-state index >= 15 is 0 Å². The maximum Gasteiger partial charge on any atom is 0.222 e. The maximum absolute atomic E-state index is 13.2. The van der Waals surface area contributed by atoms with Crippen LogP contribution in [0.2, 0.25) is 5.02 Å². The number of amides is 1. The quantitative estimate of drug-likeness (QED) is 0.379. The number of ketones is 1. The molecule has 0 saturated carbocycles. The lowest BCUT2D eigenvalue weighted by atomic mass is 9.90. The van der Waals surface area contributed by atoms with Crippen molar-refractivity contribution >= 4 is 29.0 Å². The average Bonchev–Trinajstić information content (AvgIpc) is 3.38. The fourth-order valence-electron chi connectivity index (χ4n) is 4.44. The van der Waals surface area contributed by atoms with E-state index in [1.807, 2.05) is 19.1 Å². The molecule has 1 aromatic carbocycles. The van der Waals surface area contributed by atoms with Crippen molar-refractivity contribution < 1.29 is 29.4 Å². The second-order valence-electron chi connectivity index (χ2n) is 9.01. The van der Waals surface area contributed by atoms with Crippen molar-refractivity contribution in [1.82, 2.24) is 4.90 Å². The molecule has 182 valence electrons. The molecule has 0 bridgehead atoms. The second kappa shape index (κ2) is 10.6. The maximum atomic E-state index is 13.2. The molecule has 34 heavy (non-hydrogen) atoms. The van der Waals surface area contributed by atoms with Crippen molar-refractivity contribution in [3.05, 3.63) is 46.5 Å². The summed E-state index contributed by atoms with van der Waals surface area (Å²) in [7, 11) is 0. The number of hydrogen-bond donors (Lipinski definition) is 2. The number of carbonyl (C=O) groups is 2. The second-order valence-corrected chi connectivity index (χ2v) is 9.39. The topological polar surface area (TPSA) is 112 Å². The largest absolute Gasteiger partial charge is 0.507 e. The number of epoxide rings is 1. The Morgan fingerprint density at radius 3 is 2.85 bits per heavy atom. The number of likely N-dealkylation sites (tertiary alicyclic amines) is 1. The lowest BCUT2D eigenvalue weighted by Crippen LogP contribution is -2.28. The predicted molar refractivity (Wildman–Crippen MR) is 127 cm³/mol. The van der Waals surface area contributed by atoms with Crippen LogP contribution in [0.5, 0.6) is 11.5 Å². The van der Waals surface area contributed by atoms with Crippen LogP contribution in [0.4, 0.5) is 0 Å². The Kier molecular flexibility index (Phi) is 7.58. The Balaban J connectivity index is 1.61. The molecule has 2 saturated heterocycles. The molecule has 2 aliphatic heterocycles. The van der Waals surface area contributed by atoms with E-state index in [0.717, 1.165) is 25.5 Å². The molecule has 3 atom stereocenters. The van der Waals surface area contributed by atoms with E-state index < -0.39 is 0 Å². The zero-order valence-electron chi connectivity index (χ0n) is 19.1. The lowest BCUT2D eigenvalue weighted by Gasteiger charge is -2.16. The van der Waals surface area contributed by atoms with E-state index in [2.05, 4.69) is 5.16 Å². The van der Waals surface area contributed by atoms with Crippen LogP contribution in [0.25, 0.3) is 0 Å². The van der Waals surface area contributed by atoms with Gasteiger partial charge in [0.25, 0.3) is 0 Å². The van der Waals surface area contributed by atoms with E-state index in [0.29, 0.717) is 24.2 Å². The Labute approximate surface area is 203 Å². The predicted octanol–water partition coefficient (Wildman–Crippen LogP) is 3.78. The molecular formula is C25H29ClN2O6. The Hall–Kier alpha value is -2.84. The summed E-state index contributed by atoms with van der Waals surface area (Å²) in [6.07, 6.45) is 9.83. The van der Waals surface area contributed by atoms with E-state index in [9.17, 15) is 19.8 Å². The summed E-state index contributed by atoms with van der Waals surface area (Å²) < 4.78 is 5.67. The van der Waals surface area contributed by atoms with Gasteiger partial charge < -0.3 is 24.7 Å². The molecule has 2 N–H and O–H groups in total. The number of phenols is 2. The van der Waals surface area contributed by atoms with Crippen LogP contribution >= 0.6 is 11.6 Å². The molecule has 0 unspecified atom stereocenters. The van der Waals surface area contributed by atoms with Crippen LogP contribution in [-0.4, -0.2) is 64.4 Å². The molecule has 1 amide bonds.